The van der Waals surface area contributed by atoms with Gasteiger partial charge in [-0.15, -0.1) is 0 Å². The fraction of sp³-hybridized carbons (Fsp3) is 0.462. The number of nitriles is 1. The topological polar surface area (TPSA) is 61.2 Å². The molecule has 1 aliphatic rings. The molecule has 4 nitrogen and oxygen atoms in total. The first kappa shape index (κ1) is 13.8. The number of benzene rings is 1. The molecule has 0 aliphatic carbocycles. The molecule has 0 bridgehead atoms. The highest BCUT2D eigenvalue weighted by Crippen LogP contribution is 2.24. The number of hydrogen-bond donors (Lipinski definition) is 0. The highest BCUT2D eigenvalue weighted by Gasteiger charge is 2.28. The zero-order chi connectivity index (χ0) is 14.0. The largest absolute Gasteiger partial charge is 0.373 e. The van der Waals surface area contributed by atoms with E-state index in [9.17, 15) is 12.8 Å². The van der Waals surface area contributed by atoms with Crippen molar-refractivity contribution in [3.63, 3.8) is 0 Å². The van der Waals surface area contributed by atoms with Gasteiger partial charge in [0, 0.05) is 13.6 Å². The van der Waals surface area contributed by atoms with Gasteiger partial charge in [-0.05, 0) is 30.5 Å². The SMILES string of the molecule is CN(CC1CCS(=O)(=O)C1)c1ccc(F)cc1C#N. The van der Waals surface area contributed by atoms with Crippen LogP contribution in [0.1, 0.15) is 12.0 Å². The molecule has 0 saturated carbocycles. The van der Waals surface area contributed by atoms with Crippen molar-refractivity contribution in [2.45, 2.75) is 6.42 Å². The Balaban J connectivity index is 2.13. The molecule has 1 fully saturated rings. The maximum absolute atomic E-state index is 13.1. The Kier molecular flexibility index (Phi) is 3.76. The molecular formula is C13H15FN2O2S. The van der Waals surface area contributed by atoms with E-state index in [0.717, 1.165) is 0 Å². The molecule has 0 N–H and O–H groups in total. The highest BCUT2D eigenvalue weighted by atomic mass is 32.2. The molecule has 102 valence electrons. The summed E-state index contributed by atoms with van der Waals surface area (Å²) < 4.78 is 35.9. The summed E-state index contributed by atoms with van der Waals surface area (Å²) in [6.45, 7) is 0.555. The van der Waals surface area contributed by atoms with Crippen molar-refractivity contribution in [3.8, 4) is 6.07 Å². The van der Waals surface area contributed by atoms with Crippen LogP contribution in [0.4, 0.5) is 10.1 Å². The van der Waals surface area contributed by atoms with E-state index in [2.05, 4.69) is 0 Å². The third-order valence-electron chi connectivity index (χ3n) is 3.35. The lowest BCUT2D eigenvalue weighted by Gasteiger charge is -2.23. The second-order valence-electron chi connectivity index (χ2n) is 4.92. The number of rotatable bonds is 3. The predicted molar refractivity (Wildman–Crippen MR) is 71.1 cm³/mol. The van der Waals surface area contributed by atoms with Crippen LogP contribution in [0.25, 0.3) is 0 Å². The van der Waals surface area contributed by atoms with Gasteiger partial charge in [0.2, 0.25) is 0 Å². The molecule has 1 saturated heterocycles. The van der Waals surface area contributed by atoms with Gasteiger partial charge < -0.3 is 4.90 Å². The van der Waals surface area contributed by atoms with Crippen LogP contribution < -0.4 is 4.90 Å². The van der Waals surface area contributed by atoms with E-state index in [0.29, 0.717) is 18.7 Å². The van der Waals surface area contributed by atoms with Gasteiger partial charge in [-0.3, -0.25) is 0 Å². The van der Waals surface area contributed by atoms with E-state index in [4.69, 9.17) is 5.26 Å². The normalized spacial score (nSPS) is 21.0. The number of sulfone groups is 1. The molecular weight excluding hydrogens is 267 g/mol. The average Bonchev–Trinajstić information content (AvgIpc) is 2.68. The summed E-state index contributed by atoms with van der Waals surface area (Å²) in [7, 11) is -1.11. The maximum atomic E-state index is 13.1. The Morgan fingerprint density at radius 3 is 2.84 bits per heavy atom. The third-order valence-corrected chi connectivity index (χ3v) is 5.19. The predicted octanol–water partition coefficient (Wildman–Crippen LogP) is 1.57. The minimum absolute atomic E-state index is 0.0756. The van der Waals surface area contributed by atoms with Crippen molar-refractivity contribution in [3.05, 3.63) is 29.6 Å². The van der Waals surface area contributed by atoms with Gasteiger partial charge in [-0.25, -0.2) is 12.8 Å². The minimum atomic E-state index is -2.90. The van der Waals surface area contributed by atoms with Crippen molar-refractivity contribution < 1.29 is 12.8 Å². The summed E-state index contributed by atoms with van der Waals surface area (Å²) in [5.74, 6) is 0.0595. The quantitative estimate of drug-likeness (QED) is 0.844. The van der Waals surface area contributed by atoms with Gasteiger partial charge in [0.05, 0.1) is 22.8 Å². The minimum Gasteiger partial charge on any atom is -0.373 e. The molecule has 0 spiro atoms. The van der Waals surface area contributed by atoms with Crippen molar-refractivity contribution in [1.29, 1.82) is 5.26 Å². The average molecular weight is 282 g/mol. The van der Waals surface area contributed by atoms with E-state index in [1.807, 2.05) is 11.0 Å². The number of nitrogens with zero attached hydrogens (tertiary/aromatic N) is 2. The van der Waals surface area contributed by atoms with E-state index in [1.54, 1.807) is 13.1 Å². The lowest BCUT2D eigenvalue weighted by molar-refractivity contribution is 0.581. The summed E-state index contributed by atoms with van der Waals surface area (Å²) in [6.07, 6.45) is 0.649. The van der Waals surface area contributed by atoms with Crippen LogP contribution in [0.2, 0.25) is 0 Å². The summed E-state index contributed by atoms with van der Waals surface area (Å²) in [5.41, 5.74) is 0.900. The standard InChI is InChI=1S/C13H15FN2O2S/c1-16(8-10-4-5-19(17,18)9-10)13-3-2-12(14)6-11(13)7-15/h2-3,6,10H,4-5,8-9H2,1H3. The fourth-order valence-electron chi connectivity index (χ4n) is 2.43. The number of hydrogen-bond acceptors (Lipinski definition) is 4. The van der Waals surface area contributed by atoms with Crippen LogP contribution in [-0.2, 0) is 9.84 Å². The third kappa shape index (κ3) is 3.24. The first-order chi connectivity index (χ1) is 8.91. The highest BCUT2D eigenvalue weighted by molar-refractivity contribution is 7.91. The Morgan fingerprint density at radius 2 is 2.26 bits per heavy atom. The second kappa shape index (κ2) is 5.17. The summed E-state index contributed by atoms with van der Waals surface area (Å²) in [6, 6.07) is 6.01. The van der Waals surface area contributed by atoms with Crippen molar-refractivity contribution in [2.24, 2.45) is 5.92 Å². The van der Waals surface area contributed by atoms with Gasteiger partial charge >= 0.3 is 0 Å². The molecule has 0 amide bonds. The van der Waals surface area contributed by atoms with Crippen LogP contribution in [-0.4, -0.2) is 33.5 Å². The van der Waals surface area contributed by atoms with Crippen molar-refractivity contribution in [1.82, 2.24) is 0 Å². The molecule has 0 radical (unpaired) electrons. The van der Waals surface area contributed by atoms with Gasteiger partial charge in [0.25, 0.3) is 0 Å². The van der Waals surface area contributed by atoms with Crippen molar-refractivity contribution in [2.75, 3.05) is 30.0 Å². The zero-order valence-electron chi connectivity index (χ0n) is 10.6. The van der Waals surface area contributed by atoms with Crippen LogP contribution >= 0.6 is 0 Å². The molecule has 19 heavy (non-hydrogen) atoms. The van der Waals surface area contributed by atoms with E-state index < -0.39 is 15.7 Å². The van der Waals surface area contributed by atoms with Gasteiger partial charge in [0.1, 0.15) is 11.9 Å². The Labute approximate surface area is 112 Å². The molecule has 1 aromatic rings. The first-order valence-corrected chi connectivity index (χ1v) is 7.84. The zero-order valence-corrected chi connectivity index (χ0v) is 11.5. The monoisotopic (exact) mass is 282 g/mol. The molecule has 6 heteroatoms. The Bertz CT molecular complexity index is 622. The van der Waals surface area contributed by atoms with Crippen molar-refractivity contribution >= 4 is 15.5 Å². The molecule has 1 aromatic carbocycles. The summed E-state index contributed by atoms with van der Waals surface area (Å²) in [5, 5.41) is 9.00. The van der Waals surface area contributed by atoms with E-state index >= 15 is 0 Å². The number of halogens is 1. The molecule has 1 unspecified atom stereocenters. The molecule has 2 rings (SSSR count). The van der Waals surface area contributed by atoms with Gasteiger partial charge in [-0.1, -0.05) is 0 Å². The molecule has 1 aliphatic heterocycles. The van der Waals surface area contributed by atoms with Crippen LogP contribution in [0, 0.1) is 23.1 Å². The Hall–Kier alpha value is -1.61. The Morgan fingerprint density at radius 1 is 1.53 bits per heavy atom. The van der Waals surface area contributed by atoms with Gasteiger partial charge in [-0.2, -0.15) is 5.26 Å². The van der Waals surface area contributed by atoms with E-state index in [-0.39, 0.29) is 23.0 Å². The summed E-state index contributed by atoms with van der Waals surface area (Å²) >= 11 is 0. The molecule has 0 aromatic heterocycles. The maximum Gasteiger partial charge on any atom is 0.150 e. The smallest absolute Gasteiger partial charge is 0.150 e. The van der Waals surface area contributed by atoms with Crippen LogP contribution in [0.3, 0.4) is 0 Å². The molecule has 1 heterocycles. The first-order valence-electron chi connectivity index (χ1n) is 6.02. The van der Waals surface area contributed by atoms with Gasteiger partial charge in [0.15, 0.2) is 9.84 Å². The second-order valence-corrected chi connectivity index (χ2v) is 7.15. The van der Waals surface area contributed by atoms with E-state index in [1.165, 1.54) is 12.1 Å². The molecule has 1 atom stereocenters. The number of anilines is 1. The van der Waals surface area contributed by atoms with Crippen LogP contribution in [0.15, 0.2) is 18.2 Å². The summed E-state index contributed by atoms with van der Waals surface area (Å²) in [4.78, 5) is 1.82. The lowest BCUT2D eigenvalue weighted by Crippen LogP contribution is -2.26. The fourth-order valence-corrected chi connectivity index (χ4v) is 4.28. The van der Waals surface area contributed by atoms with Crippen LogP contribution in [0.5, 0.6) is 0 Å². The lowest BCUT2D eigenvalue weighted by atomic mass is 10.1.